The first-order chi connectivity index (χ1) is 33.5. The lowest BCUT2D eigenvalue weighted by atomic mass is 9.91. The summed E-state index contributed by atoms with van der Waals surface area (Å²) in [4.78, 5) is 4.92. The van der Waals surface area contributed by atoms with E-state index >= 15 is 0 Å². The van der Waals surface area contributed by atoms with E-state index < -0.39 is 0 Å². The van der Waals surface area contributed by atoms with Gasteiger partial charge in [0.05, 0.1) is 11.4 Å². The molecule has 0 unspecified atom stereocenters. The molecule has 0 fully saturated rings. The molecule has 0 saturated heterocycles. The molecule has 0 aliphatic rings. The predicted molar refractivity (Wildman–Crippen MR) is 291 cm³/mol. The van der Waals surface area contributed by atoms with Crippen molar-refractivity contribution in [3.63, 3.8) is 0 Å². The average Bonchev–Trinajstić information content (AvgIpc) is 3.40. The molecule has 0 aliphatic carbocycles. The van der Waals surface area contributed by atoms with Crippen LogP contribution < -0.4 is 9.80 Å². The topological polar surface area (TPSA) is 6.48 Å². The predicted octanol–water partition coefficient (Wildman–Crippen LogP) is 18.8. The monoisotopic (exact) mass is 868 g/mol. The van der Waals surface area contributed by atoms with E-state index in [4.69, 9.17) is 0 Å². The summed E-state index contributed by atoms with van der Waals surface area (Å²) < 4.78 is 0. The van der Waals surface area contributed by atoms with Crippen molar-refractivity contribution in [2.24, 2.45) is 0 Å². The van der Waals surface area contributed by atoms with Crippen LogP contribution in [0.15, 0.2) is 255 Å². The summed E-state index contributed by atoms with van der Waals surface area (Å²) in [6, 6.07) is 93.6. The number of hydrogen-bond donors (Lipinski definition) is 0. The van der Waals surface area contributed by atoms with Crippen LogP contribution >= 0.6 is 0 Å². The number of benzene rings is 12. The second-order valence-corrected chi connectivity index (χ2v) is 17.9. The molecule has 0 radical (unpaired) electrons. The van der Waals surface area contributed by atoms with E-state index in [0.29, 0.717) is 0 Å². The normalized spacial score (nSPS) is 11.4. The molecular formula is C66H48N2. The van der Waals surface area contributed by atoms with Crippen molar-refractivity contribution in [3.05, 3.63) is 266 Å². The quantitative estimate of drug-likeness (QED) is 0.126. The van der Waals surface area contributed by atoms with Crippen LogP contribution in [-0.2, 0) is 0 Å². The van der Waals surface area contributed by atoms with Crippen molar-refractivity contribution in [2.45, 2.75) is 13.8 Å². The Morgan fingerprint density at radius 3 is 0.838 bits per heavy atom. The van der Waals surface area contributed by atoms with Gasteiger partial charge in [-0.05, 0) is 153 Å². The summed E-state index contributed by atoms with van der Waals surface area (Å²) in [7, 11) is 0. The van der Waals surface area contributed by atoms with Crippen molar-refractivity contribution in [1.29, 1.82) is 0 Å². The maximum atomic E-state index is 2.46. The standard InChI is InChI=1S/C66H48N2/c1-45-23-31-57(32-24-45)67(59-41-53(47-15-7-3-8-16-47)39-54(42-59)48-17-9-4-10-18-48)63-37-29-51-28-36-62-64(38-30-52-27-35-61(63)65(51)66(52)62)68(58-33-25-46(2)26-34-58)60-43-55(49-19-11-5-12-20-49)40-56(44-60)50-21-13-6-14-22-50/h3-44H,1-2H3. The van der Waals surface area contributed by atoms with Gasteiger partial charge in [0.25, 0.3) is 0 Å². The summed E-state index contributed by atoms with van der Waals surface area (Å²) in [6.07, 6.45) is 0. The minimum Gasteiger partial charge on any atom is -0.310 e. The van der Waals surface area contributed by atoms with Gasteiger partial charge in [-0.15, -0.1) is 0 Å². The second kappa shape index (κ2) is 17.3. The highest BCUT2D eigenvalue weighted by Crippen LogP contribution is 2.49. The van der Waals surface area contributed by atoms with Gasteiger partial charge < -0.3 is 9.80 Å². The summed E-state index contributed by atoms with van der Waals surface area (Å²) in [5.41, 5.74) is 18.5. The molecule has 12 aromatic rings. The third-order valence-corrected chi connectivity index (χ3v) is 13.5. The number of rotatable bonds is 10. The van der Waals surface area contributed by atoms with Gasteiger partial charge in [0.2, 0.25) is 0 Å². The molecule has 0 saturated carbocycles. The zero-order valence-electron chi connectivity index (χ0n) is 38.1. The highest BCUT2D eigenvalue weighted by Gasteiger charge is 2.23. The molecule has 0 bridgehead atoms. The first-order valence-electron chi connectivity index (χ1n) is 23.5. The zero-order chi connectivity index (χ0) is 45.6. The molecule has 2 heteroatoms. The van der Waals surface area contributed by atoms with Crippen LogP contribution in [0.3, 0.4) is 0 Å². The first kappa shape index (κ1) is 40.8. The Bertz CT molecular complexity index is 3350. The van der Waals surface area contributed by atoms with E-state index in [-0.39, 0.29) is 0 Å². The summed E-state index contributed by atoms with van der Waals surface area (Å²) in [5.74, 6) is 0. The van der Waals surface area contributed by atoms with Crippen LogP contribution in [0.25, 0.3) is 76.8 Å². The van der Waals surface area contributed by atoms with Gasteiger partial charge in [-0.3, -0.25) is 0 Å². The molecule has 12 rings (SSSR count). The third-order valence-electron chi connectivity index (χ3n) is 13.5. The second-order valence-electron chi connectivity index (χ2n) is 17.9. The Kier molecular flexibility index (Phi) is 10.3. The summed E-state index contributed by atoms with van der Waals surface area (Å²) >= 11 is 0. The lowest BCUT2D eigenvalue weighted by molar-refractivity contribution is 1.29. The van der Waals surface area contributed by atoms with Crippen LogP contribution in [-0.4, -0.2) is 0 Å². The molecule has 0 amide bonds. The van der Waals surface area contributed by atoms with E-state index in [1.807, 2.05) is 0 Å². The molecule has 0 N–H and O–H groups in total. The van der Waals surface area contributed by atoms with E-state index in [1.165, 1.54) is 88.0 Å². The molecule has 322 valence electrons. The van der Waals surface area contributed by atoms with Gasteiger partial charge in [0.1, 0.15) is 0 Å². The molecule has 2 nitrogen and oxygen atoms in total. The van der Waals surface area contributed by atoms with Gasteiger partial charge in [0.15, 0.2) is 0 Å². The van der Waals surface area contributed by atoms with Crippen molar-refractivity contribution in [1.82, 2.24) is 0 Å². The molecule has 0 heterocycles. The average molecular weight is 869 g/mol. The lowest BCUT2D eigenvalue weighted by Gasteiger charge is -2.30. The van der Waals surface area contributed by atoms with Crippen LogP contribution in [0.5, 0.6) is 0 Å². The Morgan fingerprint density at radius 1 is 0.235 bits per heavy atom. The molecule has 0 aromatic heterocycles. The number of hydrogen-bond acceptors (Lipinski definition) is 2. The van der Waals surface area contributed by atoms with E-state index in [1.54, 1.807) is 0 Å². The van der Waals surface area contributed by atoms with E-state index in [0.717, 1.165) is 34.1 Å². The maximum absolute atomic E-state index is 2.46. The minimum atomic E-state index is 1.10. The highest BCUT2D eigenvalue weighted by atomic mass is 15.1. The van der Waals surface area contributed by atoms with E-state index in [9.17, 15) is 0 Å². The number of nitrogens with zero attached hydrogens (tertiary/aromatic N) is 2. The Morgan fingerprint density at radius 2 is 0.529 bits per heavy atom. The number of anilines is 6. The molecule has 0 spiro atoms. The van der Waals surface area contributed by atoms with Crippen molar-refractivity contribution in [3.8, 4) is 44.5 Å². The van der Waals surface area contributed by atoms with Gasteiger partial charge in [-0.1, -0.05) is 193 Å². The van der Waals surface area contributed by atoms with Crippen LogP contribution in [0.1, 0.15) is 11.1 Å². The molecular weight excluding hydrogens is 821 g/mol. The first-order valence-corrected chi connectivity index (χ1v) is 23.5. The number of aryl methyl sites for hydroxylation is 2. The van der Waals surface area contributed by atoms with Crippen molar-refractivity contribution >= 4 is 66.4 Å². The SMILES string of the molecule is Cc1ccc(N(c2cc(-c3ccccc3)cc(-c3ccccc3)c2)c2ccc3ccc4c(N(c5ccc(C)cc5)c5cc(-c6ccccc6)cc(-c6ccccc6)c5)ccc5ccc2c3c54)cc1. The van der Waals surface area contributed by atoms with Gasteiger partial charge in [-0.25, -0.2) is 0 Å². The fourth-order valence-corrected chi connectivity index (χ4v) is 10.1. The van der Waals surface area contributed by atoms with Gasteiger partial charge >= 0.3 is 0 Å². The van der Waals surface area contributed by atoms with E-state index in [2.05, 4.69) is 278 Å². The Labute approximate surface area is 398 Å². The maximum Gasteiger partial charge on any atom is 0.0540 e. The third kappa shape index (κ3) is 7.52. The molecule has 12 aromatic carbocycles. The van der Waals surface area contributed by atoms with Gasteiger partial charge in [0, 0.05) is 33.5 Å². The fraction of sp³-hybridized carbons (Fsp3) is 0.0303. The van der Waals surface area contributed by atoms with Crippen LogP contribution in [0.2, 0.25) is 0 Å². The minimum absolute atomic E-state index is 1.10. The summed E-state index contributed by atoms with van der Waals surface area (Å²) in [6.45, 7) is 4.32. The molecule has 0 atom stereocenters. The highest BCUT2D eigenvalue weighted by molar-refractivity contribution is 6.28. The Hall–Kier alpha value is -8.72. The molecule has 0 aliphatic heterocycles. The lowest BCUT2D eigenvalue weighted by Crippen LogP contribution is -2.12. The van der Waals surface area contributed by atoms with Crippen LogP contribution in [0, 0.1) is 13.8 Å². The summed E-state index contributed by atoms with van der Waals surface area (Å²) in [5, 5.41) is 7.33. The zero-order valence-corrected chi connectivity index (χ0v) is 38.1. The van der Waals surface area contributed by atoms with Crippen LogP contribution in [0.4, 0.5) is 34.1 Å². The largest absolute Gasteiger partial charge is 0.310 e. The molecule has 68 heavy (non-hydrogen) atoms. The van der Waals surface area contributed by atoms with Crippen molar-refractivity contribution < 1.29 is 0 Å². The van der Waals surface area contributed by atoms with Crippen molar-refractivity contribution in [2.75, 3.05) is 9.80 Å². The Balaban J connectivity index is 1.10. The fourth-order valence-electron chi connectivity index (χ4n) is 10.1. The van der Waals surface area contributed by atoms with Gasteiger partial charge in [-0.2, -0.15) is 0 Å². The smallest absolute Gasteiger partial charge is 0.0540 e.